The highest BCUT2D eigenvalue weighted by molar-refractivity contribution is 6.04. The number of H-pyrrole nitrogens is 1. The lowest BCUT2D eigenvalue weighted by Gasteiger charge is -2.20. The summed E-state index contributed by atoms with van der Waals surface area (Å²) >= 11 is 0. The summed E-state index contributed by atoms with van der Waals surface area (Å²) in [6.45, 7) is 4.69. The lowest BCUT2D eigenvalue weighted by Crippen LogP contribution is -2.18. The van der Waals surface area contributed by atoms with Crippen LogP contribution in [0.1, 0.15) is 77.6 Å². The normalized spacial score (nSPS) is 15.4. The monoisotopic (exact) mass is 319 g/mol. The number of aryl methyl sites for hydroxylation is 1. The molecule has 1 aliphatic carbocycles. The Labute approximate surface area is 136 Å². The summed E-state index contributed by atoms with van der Waals surface area (Å²) in [7, 11) is 0. The molecule has 5 nitrogen and oxygen atoms in total. The van der Waals surface area contributed by atoms with Crippen molar-refractivity contribution in [3.8, 4) is 0 Å². The predicted octanol–water partition coefficient (Wildman–Crippen LogP) is 3.53. The van der Waals surface area contributed by atoms with E-state index in [9.17, 15) is 14.4 Å². The van der Waals surface area contributed by atoms with Gasteiger partial charge in [0.2, 0.25) is 5.78 Å². The molecule has 1 aliphatic rings. The van der Waals surface area contributed by atoms with Crippen LogP contribution in [0.25, 0.3) is 0 Å². The number of Topliss-reactive ketones (excluding diaryl/α,β-unsaturated/α-hetero) is 2. The van der Waals surface area contributed by atoms with Crippen LogP contribution in [0.3, 0.4) is 0 Å². The first kappa shape index (κ1) is 17.4. The smallest absolute Gasteiger partial charge is 0.306 e. The van der Waals surface area contributed by atoms with Crippen molar-refractivity contribution in [1.82, 2.24) is 4.98 Å². The van der Waals surface area contributed by atoms with Gasteiger partial charge in [-0.15, -0.1) is 0 Å². The van der Waals surface area contributed by atoms with Gasteiger partial charge < -0.3 is 9.72 Å². The Hall–Kier alpha value is -1.91. The SMILES string of the molecule is CC(=O)c1c(C)[nH]c(C(=O)COC(=O)CC2CCCCC2)c1C. The molecule has 0 unspecified atom stereocenters. The third-order valence-corrected chi connectivity index (χ3v) is 4.61. The van der Waals surface area contributed by atoms with E-state index in [1.165, 1.54) is 26.2 Å². The summed E-state index contributed by atoms with van der Waals surface area (Å²) in [4.78, 5) is 38.6. The summed E-state index contributed by atoms with van der Waals surface area (Å²) in [6, 6.07) is 0. The fraction of sp³-hybridized carbons (Fsp3) is 0.611. The van der Waals surface area contributed by atoms with E-state index in [1.807, 2.05) is 0 Å². The number of hydrogen-bond acceptors (Lipinski definition) is 4. The highest BCUT2D eigenvalue weighted by atomic mass is 16.5. The fourth-order valence-corrected chi connectivity index (χ4v) is 3.46. The molecule has 1 heterocycles. The average Bonchev–Trinajstić information content (AvgIpc) is 2.81. The van der Waals surface area contributed by atoms with E-state index < -0.39 is 0 Å². The summed E-state index contributed by atoms with van der Waals surface area (Å²) in [5.41, 5.74) is 2.20. The predicted molar refractivity (Wildman–Crippen MR) is 86.8 cm³/mol. The zero-order chi connectivity index (χ0) is 17.0. The number of hydrogen-bond donors (Lipinski definition) is 1. The molecule has 0 amide bonds. The molecule has 0 aromatic carbocycles. The molecule has 5 heteroatoms. The Morgan fingerprint density at radius 1 is 1.13 bits per heavy atom. The summed E-state index contributed by atoms with van der Waals surface area (Å²) in [5.74, 6) is -0.289. The van der Waals surface area contributed by atoms with Crippen molar-refractivity contribution in [2.75, 3.05) is 6.61 Å². The lowest BCUT2D eigenvalue weighted by molar-refractivity contribution is -0.143. The van der Waals surface area contributed by atoms with Gasteiger partial charge in [-0.1, -0.05) is 19.3 Å². The molecular formula is C18H25NO4. The van der Waals surface area contributed by atoms with E-state index in [0.717, 1.165) is 12.8 Å². The first-order valence-corrected chi connectivity index (χ1v) is 8.29. The van der Waals surface area contributed by atoms with Gasteiger partial charge in [0, 0.05) is 17.7 Å². The molecule has 0 bridgehead atoms. The van der Waals surface area contributed by atoms with Crippen molar-refractivity contribution in [3.05, 3.63) is 22.5 Å². The second kappa shape index (κ2) is 7.57. The number of carbonyl (C=O) groups excluding carboxylic acids is 3. The standard InChI is InChI=1S/C18H25NO4/c1-11-17(13(3)20)12(2)19-18(11)15(21)10-23-16(22)9-14-7-5-4-6-8-14/h14,19H,4-10H2,1-3H3. The molecule has 23 heavy (non-hydrogen) atoms. The van der Waals surface area contributed by atoms with Crippen LogP contribution in [-0.4, -0.2) is 29.1 Å². The van der Waals surface area contributed by atoms with Gasteiger partial charge >= 0.3 is 5.97 Å². The van der Waals surface area contributed by atoms with Crippen molar-refractivity contribution in [3.63, 3.8) is 0 Å². The first-order valence-electron chi connectivity index (χ1n) is 8.29. The molecule has 0 aliphatic heterocycles. The molecule has 126 valence electrons. The third kappa shape index (κ3) is 4.30. The average molecular weight is 319 g/mol. The zero-order valence-corrected chi connectivity index (χ0v) is 14.2. The third-order valence-electron chi connectivity index (χ3n) is 4.61. The Morgan fingerprint density at radius 2 is 1.78 bits per heavy atom. The van der Waals surface area contributed by atoms with Crippen molar-refractivity contribution in [1.29, 1.82) is 0 Å². The zero-order valence-electron chi connectivity index (χ0n) is 14.2. The van der Waals surface area contributed by atoms with Crippen LogP contribution < -0.4 is 0 Å². The fourth-order valence-electron chi connectivity index (χ4n) is 3.46. The lowest BCUT2D eigenvalue weighted by atomic mass is 9.87. The maximum absolute atomic E-state index is 12.2. The quantitative estimate of drug-likeness (QED) is 0.643. The molecule has 0 atom stereocenters. The molecule has 0 saturated heterocycles. The maximum Gasteiger partial charge on any atom is 0.306 e. The molecule has 2 rings (SSSR count). The molecule has 1 N–H and O–H groups in total. The number of esters is 1. The molecule has 0 spiro atoms. The Morgan fingerprint density at radius 3 is 2.35 bits per heavy atom. The molecule has 1 aromatic heterocycles. The van der Waals surface area contributed by atoms with Crippen LogP contribution in [0.15, 0.2) is 0 Å². The first-order chi connectivity index (χ1) is 10.9. The maximum atomic E-state index is 12.2. The number of aromatic nitrogens is 1. The molecule has 0 radical (unpaired) electrons. The van der Waals surface area contributed by atoms with Crippen molar-refractivity contribution in [2.24, 2.45) is 5.92 Å². The highest BCUT2D eigenvalue weighted by Gasteiger charge is 2.22. The molecule has 1 aromatic rings. The van der Waals surface area contributed by atoms with E-state index >= 15 is 0 Å². The number of rotatable bonds is 6. The van der Waals surface area contributed by atoms with Gasteiger partial charge in [-0.3, -0.25) is 14.4 Å². The number of nitrogens with one attached hydrogen (secondary N) is 1. The van der Waals surface area contributed by atoms with Crippen LogP contribution in [0.2, 0.25) is 0 Å². The van der Waals surface area contributed by atoms with E-state index in [0.29, 0.717) is 34.9 Å². The van der Waals surface area contributed by atoms with E-state index in [2.05, 4.69) is 4.98 Å². The Bertz CT molecular complexity index is 609. The van der Waals surface area contributed by atoms with Crippen LogP contribution in [0.4, 0.5) is 0 Å². The summed E-state index contributed by atoms with van der Waals surface area (Å²) < 4.78 is 5.13. The van der Waals surface area contributed by atoms with Gasteiger partial charge in [0.25, 0.3) is 0 Å². The van der Waals surface area contributed by atoms with Gasteiger partial charge in [0.1, 0.15) is 0 Å². The topological polar surface area (TPSA) is 76.2 Å². The molecular weight excluding hydrogens is 294 g/mol. The Kier molecular flexibility index (Phi) is 5.74. The largest absolute Gasteiger partial charge is 0.457 e. The van der Waals surface area contributed by atoms with Gasteiger partial charge in [0.05, 0.1) is 5.69 Å². The van der Waals surface area contributed by atoms with E-state index in [1.54, 1.807) is 13.8 Å². The van der Waals surface area contributed by atoms with Gasteiger partial charge in [0.15, 0.2) is 12.4 Å². The number of ether oxygens (including phenoxy) is 1. The molecule has 1 saturated carbocycles. The number of carbonyl (C=O) groups is 3. The summed E-state index contributed by atoms with van der Waals surface area (Å²) in [5, 5.41) is 0. The molecule has 1 fully saturated rings. The van der Waals surface area contributed by atoms with Gasteiger partial charge in [-0.2, -0.15) is 0 Å². The van der Waals surface area contributed by atoms with Gasteiger partial charge in [-0.25, -0.2) is 0 Å². The highest BCUT2D eigenvalue weighted by Crippen LogP contribution is 2.26. The second-order valence-electron chi connectivity index (χ2n) is 6.47. The van der Waals surface area contributed by atoms with Crippen LogP contribution in [0, 0.1) is 19.8 Å². The minimum Gasteiger partial charge on any atom is -0.457 e. The van der Waals surface area contributed by atoms with Crippen LogP contribution in [-0.2, 0) is 9.53 Å². The minimum absolute atomic E-state index is 0.0791. The Balaban J connectivity index is 1.90. The minimum atomic E-state index is -0.307. The second-order valence-corrected chi connectivity index (χ2v) is 6.47. The van der Waals surface area contributed by atoms with Crippen LogP contribution >= 0.6 is 0 Å². The van der Waals surface area contributed by atoms with Gasteiger partial charge in [-0.05, 0) is 45.1 Å². The number of ketones is 2. The van der Waals surface area contributed by atoms with Crippen LogP contribution in [0.5, 0.6) is 0 Å². The van der Waals surface area contributed by atoms with E-state index in [-0.39, 0.29) is 24.1 Å². The van der Waals surface area contributed by atoms with Crippen molar-refractivity contribution in [2.45, 2.75) is 59.3 Å². The number of aromatic amines is 1. The van der Waals surface area contributed by atoms with Crippen molar-refractivity contribution >= 4 is 17.5 Å². The van der Waals surface area contributed by atoms with Crippen molar-refractivity contribution < 1.29 is 19.1 Å². The van der Waals surface area contributed by atoms with E-state index in [4.69, 9.17) is 4.74 Å². The summed E-state index contributed by atoms with van der Waals surface area (Å²) in [6.07, 6.45) is 6.12.